The summed E-state index contributed by atoms with van der Waals surface area (Å²) in [6.07, 6.45) is 0. The molecule has 0 saturated heterocycles. The van der Waals surface area contributed by atoms with Crippen molar-refractivity contribution < 1.29 is 9.18 Å². The van der Waals surface area contributed by atoms with Crippen LogP contribution in [0.25, 0.3) is 0 Å². The van der Waals surface area contributed by atoms with Gasteiger partial charge in [0, 0.05) is 11.7 Å². The maximum Gasteiger partial charge on any atom is 0.269 e. The van der Waals surface area contributed by atoms with Crippen LogP contribution in [-0.4, -0.2) is 16.9 Å². The second-order valence-electron chi connectivity index (χ2n) is 4.95. The lowest BCUT2D eigenvalue weighted by Gasteiger charge is -2.05. The number of hydrogen-bond acceptors (Lipinski definition) is 5. The highest BCUT2D eigenvalue weighted by Gasteiger charge is 2.17. The fourth-order valence-electron chi connectivity index (χ4n) is 1.71. The number of nitrogen functional groups attached to an aromatic ring is 1. The molecule has 0 aliphatic heterocycles. The molecule has 0 unspecified atom stereocenters. The van der Waals surface area contributed by atoms with E-state index in [9.17, 15) is 9.18 Å². The van der Waals surface area contributed by atoms with E-state index in [1.165, 1.54) is 23.5 Å². The van der Waals surface area contributed by atoms with Gasteiger partial charge in [-0.15, -0.1) is 0 Å². The van der Waals surface area contributed by atoms with Crippen molar-refractivity contribution >= 4 is 33.9 Å². The molecule has 0 spiro atoms. The summed E-state index contributed by atoms with van der Waals surface area (Å²) in [7, 11) is 0. The van der Waals surface area contributed by atoms with Crippen molar-refractivity contribution in [1.29, 1.82) is 0 Å². The summed E-state index contributed by atoms with van der Waals surface area (Å²) in [4.78, 5) is 16.6. The van der Waals surface area contributed by atoms with E-state index in [-0.39, 0.29) is 23.6 Å². The summed E-state index contributed by atoms with van der Waals surface area (Å²) in [6, 6.07) is 4.58. The average Bonchev–Trinajstić information content (AvgIpc) is 2.74. The van der Waals surface area contributed by atoms with Crippen molar-refractivity contribution in [2.24, 2.45) is 0 Å². The second-order valence-corrected chi connectivity index (χ2v) is 5.95. The van der Waals surface area contributed by atoms with Gasteiger partial charge in [0.1, 0.15) is 16.5 Å². The fraction of sp³-hybridized carbons (Fsp3) is 0.286. The number of hydrogen-bond donors (Lipinski definition) is 3. The van der Waals surface area contributed by atoms with Crippen LogP contribution in [0.3, 0.4) is 0 Å². The third-order valence-electron chi connectivity index (χ3n) is 2.69. The largest absolute Gasteiger partial charge is 0.382 e. The van der Waals surface area contributed by atoms with Gasteiger partial charge in [0.2, 0.25) is 0 Å². The molecule has 1 aromatic carbocycles. The number of aromatic nitrogens is 1. The predicted octanol–water partition coefficient (Wildman–Crippen LogP) is 3.25. The number of nitrogens with zero attached hydrogens (tertiary/aromatic N) is 1. The first-order valence-corrected chi connectivity index (χ1v) is 7.29. The molecule has 5 nitrogen and oxygen atoms in total. The minimum Gasteiger partial charge on any atom is -0.382 e. The Morgan fingerprint density at radius 2 is 2.14 bits per heavy atom. The molecule has 0 bridgehead atoms. The zero-order valence-corrected chi connectivity index (χ0v) is 12.8. The Labute approximate surface area is 126 Å². The summed E-state index contributed by atoms with van der Waals surface area (Å²) in [5.74, 6) is -0.485. The standard InChI is InChI=1S/C14H17FN4OS/c1-7(2)17-14-19-12(16)11(21-14)13(20)18-9-4-5-10(15)8(3)6-9/h4-7H,16H2,1-3H3,(H,17,19)(H,18,20). The van der Waals surface area contributed by atoms with Crippen LogP contribution < -0.4 is 16.4 Å². The zero-order chi connectivity index (χ0) is 15.6. The van der Waals surface area contributed by atoms with Crippen molar-refractivity contribution in [3.63, 3.8) is 0 Å². The van der Waals surface area contributed by atoms with Gasteiger partial charge in [-0.3, -0.25) is 4.79 Å². The summed E-state index contributed by atoms with van der Waals surface area (Å²) < 4.78 is 13.2. The molecule has 7 heteroatoms. The molecule has 4 N–H and O–H groups in total. The van der Waals surface area contributed by atoms with Gasteiger partial charge in [0.25, 0.3) is 5.91 Å². The van der Waals surface area contributed by atoms with Gasteiger partial charge in [-0.05, 0) is 44.5 Å². The Hall–Kier alpha value is -2.15. The lowest BCUT2D eigenvalue weighted by molar-refractivity contribution is 0.103. The smallest absolute Gasteiger partial charge is 0.269 e. The summed E-state index contributed by atoms with van der Waals surface area (Å²) in [5.41, 5.74) is 6.75. The van der Waals surface area contributed by atoms with Crippen LogP contribution >= 0.6 is 11.3 Å². The SMILES string of the molecule is Cc1cc(NC(=O)c2sc(NC(C)C)nc2N)ccc1F. The monoisotopic (exact) mass is 308 g/mol. The molecule has 2 rings (SSSR count). The van der Waals surface area contributed by atoms with Crippen molar-refractivity contribution in [3.8, 4) is 0 Å². The molecule has 21 heavy (non-hydrogen) atoms. The molecule has 2 aromatic rings. The number of aryl methyl sites for hydroxylation is 1. The number of amides is 1. The molecule has 0 radical (unpaired) electrons. The number of carbonyl (C=O) groups is 1. The Balaban J connectivity index is 2.16. The maximum absolute atomic E-state index is 13.2. The molecular weight excluding hydrogens is 291 g/mol. The van der Waals surface area contributed by atoms with E-state index in [0.29, 0.717) is 21.3 Å². The highest BCUT2D eigenvalue weighted by molar-refractivity contribution is 7.18. The minimum absolute atomic E-state index is 0.180. The molecule has 0 aliphatic rings. The van der Waals surface area contributed by atoms with Gasteiger partial charge in [-0.25, -0.2) is 9.37 Å². The third-order valence-corrected chi connectivity index (χ3v) is 3.69. The lowest BCUT2D eigenvalue weighted by atomic mass is 10.2. The number of anilines is 3. The third kappa shape index (κ3) is 3.69. The Morgan fingerprint density at radius 1 is 1.43 bits per heavy atom. The van der Waals surface area contributed by atoms with Gasteiger partial charge >= 0.3 is 0 Å². The van der Waals surface area contributed by atoms with Crippen LogP contribution in [0.2, 0.25) is 0 Å². The van der Waals surface area contributed by atoms with Crippen LogP contribution in [0.4, 0.5) is 21.0 Å². The highest BCUT2D eigenvalue weighted by Crippen LogP contribution is 2.26. The first-order chi connectivity index (χ1) is 9.86. The summed E-state index contributed by atoms with van der Waals surface area (Å²) in [6.45, 7) is 5.58. The first kappa shape index (κ1) is 15.2. The predicted molar refractivity (Wildman–Crippen MR) is 84.4 cm³/mol. The molecule has 0 saturated carbocycles. The van der Waals surface area contributed by atoms with E-state index in [2.05, 4.69) is 15.6 Å². The van der Waals surface area contributed by atoms with Gasteiger partial charge < -0.3 is 16.4 Å². The van der Waals surface area contributed by atoms with Crippen LogP contribution in [0.5, 0.6) is 0 Å². The number of halogens is 1. The van der Waals surface area contributed by atoms with Crippen LogP contribution in [0.15, 0.2) is 18.2 Å². The van der Waals surface area contributed by atoms with Crippen molar-refractivity contribution in [2.45, 2.75) is 26.8 Å². The lowest BCUT2D eigenvalue weighted by Crippen LogP contribution is -2.12. The van der Waals surface area contributed by atoms with Crippen molar-refractivity contribution in [1.82, 2.24) is 4.98 Å². The number of carbonyl (C=O) groups excluding carboxylic acids is 1. The molecule has 0 atom stereocenters. The molecular formula is C14H17FN4OS. The van der Waals surface area contributed by atoms with Crippen LogP contribution in [-0.2, 0) is 0 Å². The molecule has 112 valence electrons. The highest BCUT2D eigenvalue weighted by atomic mass is 32.1. The van der Waals surface area contributed by atoms with Gasteiger partial charge in [0.05, 0.1) is 0 Å². The zero-order valence-electron chi connectivity index (χ0n) is 12.0. The quantitative estimate of drug-likeness (QED) is 0.810. The first-order valence-electron chi connectivity index (χ1n) is 6.47. The molecule has 0 aliphatic carbocycles. The fourth-order valence-corrected chi connectivity index (χ4v) is 2.64. The Kier molecular flexibility index (Phi) is 4.42. The minimum atomic E-state index is -0.354. The summed E-state index contributed by atoms with van der Waals surface area (Å²) in [5, 5.41) is 6.39. The normalized spacial score (nSPS) is 10.7. The maximum atomic E-state index is 13.2. The number of rotatable bonds is 4. The van der Waals surface area contributed by atoms with Gasteiger partial charge in [-0.2, -0.15) is 0 Å². The van der Waals surface area contributed by atoms with E-state index in [1.54, 1.807) is 13.0 Å². The number of thiazole rings is 1. The van der Waals surface area contributed by atoms with E-state index >= 15 is 0 Å². The van der Waals surface area contributed by atoms with Crippen molar-refractivity contribution in [3.05, 3.63) is 34.5 Å². The number of nitrogens with two attached hydrogens (primary N) is 1. The van der Waals surface area contributed by atoms with E-state index in [4.69, 9.17) is 5.73 Å². The molecule has 1 heterocycles. The molecule has 0 fully saturated rings. The van der Waals surface area contributed by atoms with E-state index in [1.807, 2.05) is 13.8 Å². The Bertz CT molecular complexity index is 669. The second kappa shape index (κ2) is 6.09. The van der Waals surface area contributed by atoms with E-state index in [0.717, 1.165) is 0 Å². The Morgan fingerprint density at radius 3 is 2.76 bits per heavy atom. The van der Waals surface area contributed by atoms with Gasteiger partial charge in [0.15, 0.2) is 5.13 Å². The molecule has 1 amide bonds. The topological polar surface area (TPSA) is 80.0 Å². The number of benzene rings is 1. The molecule has 1 aromatic heterocycles. The summed E-state index contributed by atoms with van der Waals surface area (Å²) >= 11 is 1.19. The van der Waals surface area contributed by atoms with Crippen LogP contribution in [0, 0.1) is 12.7 Å². The van der Waals surface area contributed by atoms with Crippen LogP contribution in [0.1, 0.15) is 29.1 Å². The van der Waals surface area contributed by atoms with Gasteiger partial charge in [-0.1, -0.05) is 11.3 Å². The average molecular weight is 308 g/mol. The number of nitrogens with one attached hydrogen (secondary N) is 2. The van der Waals surface area contributed by atoms with E-state index < -0.39 is 0 Å². The van der Waals surface area contributed by atoms with Crippen molar-refractivity contribution in [2.75, 3.05) is 16.4 Å².